The van der Waals surface area contributed by atoms with Crippen molar-refractivity contribution in [2.75, 3.05) is 13.2 Å². The smallest absolute Gasteiger partial charge is 0.339 e. The van der Waals surface area contributed by atoms with E-state index in [9.17, 15) is 14.7 Å². The molecule has 0 unspecified atom stereocenters. The molecule has 1 aliphatic carbocycles. The first kappa shape index (κ1) is 15.8. The summed E-state index contributed by atoms with van der Waals surface area (Å²) in [4.78, 5) is 25.2. The van der Waals surface area contributed by atoms with Crippen LogP contribution in [0.15, 0.2) is 16.6 Å². The molecule has 0 heterocycles. The monoisotopic (exact) mass is 355 g/mol. The largest absolute Gasteiger partial charge is 0.483 e. The Morgan fingerprint density at radius 2 is 2.10 bits per heavy atom. The Morgan fingerprint density at radius 1 is 1.43 bits per heavy atom. The fraction of sp³-hybridized carbons (Fsp3) is 0.467. The van der Waals surface area contributed by atoms with E-state index in [0.29, 0.717) is 22.6 Å². The Hall–Kier alpha value is -1.56. The number of carboxylic acids is 1. The summed E-state index contributed by atoms with van der Waals surface area (Å²) in [5, 5.41) is 9.24. The van der Waals surface area contributed by atoms with Crippen molar-refractivity contribution in [2.24, 2.45) is 0 Å². The lowest BCUT2D eigenvalue weighted by Crippen LogP contribution is -2.36. The Morgan fingerprint density at radius 3 is 2.62 bits per heavy atom. The molecule has 1 aromatic carbocycles. The van der Waals surface area contributed by atoms with Gasteiger partial charge in [0.15, 0.2) is 6.61 Å². The highest BCUT2D eigenvalue weighted by Gasteiger charge is 2.31. The normalized spacial score (nSPS) is 13.9. The highest BCUT2D eigenvalue weighted by Crippen LogP contribution is 2.29. The maximum atomic E-state index is 12.1. The van der Waals surface area contributed by atoms with Crippen LogP contribution in [0.1, 0.15) is 35.7 Å². The van der Waals surface area contributed by atoms with Gasteiger partial charge in [0, 0.05) is 17.1 Å². The summed E-state index contributed by atoms with van der Waals surface area (Å²) in [6, 6.07) is 3.58. The number of rotatable bonds is 6. The molecule has 1 N–H and O–H groups in total. The van der Waals surface area contributed by atoms with Crippen molar-refractivity contribution in [3.05, 3.63) is 27.7 Å². The number of aromatic carboxylic acids is 1. The van der Waals surface area contributed by atoms with Gasteiger partial charge in [-0.3, -0.25) is 4.79 Å². The number of carbonyl (C=O) groups is 2. The lowest BCUT2D eigenvalue weighted by atomic mass is 10.1. The van der Waals surface area contributed by atoms with Gasteiger partial charge in [0.2, 0.25) is 0 Å². The SMILES string of the molecule is CCN(C(=O)COc1c(C)cc(Br)cc1C(=O)O)C1CC1. The van der Waals surface area contributed by atoms with Crippen LogP contribution in [0.4, 0.5) is 0 Å². The highest BCUT2D eigenvalue weighted by atomic mass is 79.9. The third-order valence-electron chi connectivity index (χ3n) is 3.46. The predicted octanol–water partition coefficient (Wildman–Crippen LogP) is 2.85. The van der Waals surface area contributed by atoms with Gasteiger partial charge >= 0.3 is 5.97 Å². The number of amides is 1. The third kappa shape index (κ3) is 3.75. The average molecular weight is 356 g/mol. The average Bonchev–Trinajstić information content (AvgIpc) is 3.22. The Kier molecular flexibility index (Phi) is 4.88. The quantitative estimate of drug-likeness (QED) is 0.851. The molecule has 6 heteroatoms. The summed E-state index contributed by atoms with van der Waals surface area (Å²) < 4.78 is 6.18. The zero-order valence-corrected chi connectivity index (χ0v) is 13.6. The number of nitrogens with zero attached hydrogens (tertiary/aromatic N) is 1. The van der Waals surface area contributed by atoms with Gasteiger partial charge in [0.05, 0.1) is 0 Å². The van der Waals surface area contributed by atoms with E-state index in [1.807, 2.05) is 6.92 Å². The summed E-state index contributed by atoms with van der Waals surface area (Å²) >= 11 is 3.26. The summed E-state index contributed by atoms with van der Waals surface area (Å²) in [5.41, 5.74) is 0.744. The van der Waals surface area contributed by atoms with Crippen molar-refractivity contribution in [1.82, 2.24) is 4.90 Å². The molecular weight excluding hydrogens is 338 g/mol. The zero-order valence-electron chi connectivity index (χ0n) is 12.1. The number of hydrogen-bond donors (Lipinski definition) is 1. The second-order valence-electron chi connectivity index (χ2n) is 5.10. The van der Waals surface area contributed by atoms with Gasteiger partial charge in [-0.2, -0.15) is 0 Å². The van der Waals surface area contributed by atoms with E-state index < -0.39 is 5.97 Å². The van der Waals surface area contributed by atoms with Crippen LogP contribution in [0.5, 0.6) is 5.75 Å². The summed E-state index contributed by atoms with van der Waals surface area (Å²) in [6.45, 7) is 4.21. The van der Waals surface area contributed by atoms with Gasteiger partial charge in [-0.05, 0) is 44.4 Å². The van der Waals surface area contributed by atoms with E-state index in [4.69, 9.17) is 4.74 Å². The molecule has 1 fully saturated rings. The minimum Gasteiger partial charge on any atom is -0.483 e. The number of likely N-dealkylation sites (N-methyl/N-ethyl adjacent to an activating group) is 1. The molecule has 0 atom stereocenters. The fourth-order valence-electron chi connectivity index (χ4n) is 2.32. The third-order valence-corrected chi connectivity index (χ3v) is 3.92. The van der Waals surface area contributed by atoms with Gasteiger partial charge in [-0.25, -0.2) is 4.79 Å². The van der Waals surface area contributed by atoms with Gasteiger partial charge in [-0.15, -0.1) is 0 Å². The first-order valence-corrected chi connectivity index (χ1v) is 7.69. The van der Waals surface area contributed by atoms with Crippen molar-refractivity contribution in [1.29, 1.82) is 0 Å². The Bertz CT molecular complexity index is 569. The molecule has 1 amide bonds. The van der Waals surface area contributed by atoms with Crippen molar-refractivity contribution in [3.63, 3.8) is 0 Å². The lowest BCUT2D eigenvalue weighted by molar-refractivity contribution is -0.133. The molecule has 2 rings (SSSR count). The van der Waals surface area contributed by atoms with Crippen LogP contribution < -0.4 is 4.74 Å². The molecule has 5 nitrogen and oxygen atoms in total. The van der Waals surface area contributed by atoms with Gasteiger partial charge in [0.1, 0.15) is 11.3 Å². The van der Waals surface area contributed by atoms with E-state index in [1.54, 1.807) is 17.9 Å². The Balaban J connectivity index is 2.12. The number of benzene rings is 1. The van der Waals surface area contributed by atoms with Crippen LogP contribution >= 0.6 is 15.9 Å². The number of hydrogen-bond acceptors (Lipinski definition) is 3. The first-order chi connectivity index (χ1) is 9.93. The second-order valence-corrected chi connectivity index (χ2v) is 6.02. The zero-order chi connectivity index (χ0) is 15.6. The molecule has 0 saturated heterocycles. The van der Waals surface area contributed by atoms with Crippen molar-refractivity contribution >= 4 is 27.8 Å². The molecule has 1 aliphatic rings. The van der Waals surface area contributed by atoms with Crippen LogP contribution in [-0.2, 0) is 4.79 Å². The van der Waals surface area contributed by atoms with Gasteiger partial charge < -0.3 is 14.7 Å². The van der Waals surface area contributed by atoms with Gasteiger partial charge in [0.25, 0.3) is 5.91 Å². The molecule has 0 spiro atoms. The predicted molar refractivity (Wildman–Crippen MR) is 81.7 cm³/mol. The van der Waals surface area contributed by atoms with Crippen LogP contribution in [0.3, 0.4) is 0 Å². The number of carbonyl (C=O) groups excluding carboxylic acids is 1. The fourth-order valence-corrected chi connectivity index (χ4v) is 2.89. The Labute approximate surface area is 132 Å². The number of halogens is 1. The lowest BCUT2D eigenvalue weighted by Gasteiger charge is -2.21. The molecule has 0 bridgehead atoms. The standard InChI is InChI=1S/C15H18BrNO4/c1-3-17(11-4-5-11)13(18)8-21-14-9(2)6-10(16)7-12(14)15(19)20/h6-7,11H,3-5,8H2,1-2H3,(H,19,20). The topological polar surface area (TPSA) is 66.8 Å². The van der Waals surface area contributed by atoms with E-state index in [2.05, 4.69) is 15.9 Å². The van der Waals surface area contributed by atoms with Gasteiger partial charge in [-0.1, -0.05) is 15.9 Å². The molecule has 21 heavy (non-hydrogen) atoms. The maximum Gasteiger partial charge on any atom is 0.339 e. The maximum absolute atomic E-state index is 12.1. The molecule has 114 valence electrons. The van der Waals surface area contributed by atoms with Crippen LogP contribution in [-0.4, -0.2) is 41.1 Å². The summed E-state index contributed by atoms with van der Waals surface area (Å²) in [5.74, 6) is -0.916. The second kappa shape index (κ2) is 6.47. The van der Waals surface area contributed by atoms with Crippen molar-refractivity contribution < 1.29 is 19.4 Å². The molecule has 0 aromatic heterocycles. The number of aryl methyl sites for hydroxylation is 1. The van der Waals surface area contributed by atoms with Crippen LogP contribution in [0.25, 0.3) is 0 Å². The van der Waals surface area contributed by atoms with E-state index in [1.165, 1.54) is 6.07 Å². The summed E-state index contributed by atoms with van der Waals surface area (Å²) in [7, 11) is 0. The van der Waals surface area contributed by atoms with E-state index in [0.717, 1.165) is 12.8 Å². The summed E-state index contributed by atoms with van der Waals surface area (Å²) in [6.07, 6.45) is 2.08. The minimum absolute atomic E-state index is 0.0594. The van der Waals surface area contributed by atoms with Crippen molar-refractivity contribution in [3.8, 4) is 5.75 Å². The van der Waals surface area contributed by atoms with Crippen LogP contribution in [0, 0.1) is 6.92 Å². The number of carboxylic acid groups (broad SMARTS) is 1. The van der Waals surface area contributed by atoms with E-state index in [-0.39, 0.29) is 23.8 Å². The van der Waals surface area contributed by atoms with Crippen LogP contribution in [0.2, 0.25) is 0 Å². The molecule has 0 aliphatic heterocycles. The molecule has 1 aromatic rings. The highest BCUT2D eigenvalue weighted by molar-refractivity contribution is 9.10. The number of ether oxygens (including phenoxy) is 1. The molecule has 0 radical (unpaired) electrons. The molecule has 1 saturated carbocycles. The van der Waals surface area contributed by atoms with E-state index >= 15 is 0 Å². The van der Waals surface area contributed by atoms with Crippen molar-refractivity contribution in [2.45, 2.75) is 32.7 Å². The molecular formula is C15H18BrNO4. The first-order valence-electron chi connectivity index (χ1n) is 6.89. The minimum atomic E-state index is -1.07.